The summed E-state index contributed by atoms with van der Waals surface area (Å²) < 4.78 is 0. The van der Waals surface area contributed by atoms with Gasteiger partial charge < -0.3 is 0 Å². The summed E-state index contributed by atoms with van der Waals surface area (Å²) in [5.41, 5.74) is 6.24. The Hall–Kier alpha value is -1.36. The maximum atomic E-state index is 12.1. The van der Waals surface area contributed by atoms with E-state index in [9.17, 15) is 9.59 Å². The summed E-state index contributed by atoms with van der Waals surface area (Å²) >= 11 is 1.56. The van der Waals surface area contributed by atoms with E-state index in [4.69, 9.17) is 0 Å². The SMILES string of the molecule is CC(C)(C)CC(=O)NNC(=O)c1cc2c(s1)CCCCC2. The number of rotatable bonds is 2. The van der Waals surface area contributed by atoms with Gasteiger partial charge in [-0.1, -0.05) is 27.2 Å². The Bertz CT molecular complexity index is 505. The predicted octanol–water partition coefficient (Wildman–Crippen LogP) is 3.21. The summed E-state index contributed by atoms with van der Waals surface area (Å²) in [5, 5.41) is 0. The van der Waals surface area contributed by atoms with Gasteiger partial charge in [0.1, 0.15) is 0 Å². The van der Waals surface area contributed by atoms with E-state index in [1.54, 1.807) is 11.3 Å². The summed E-state index contributed by atoms with van der Waals surface area (Å²) in [6.07, 6.45) is 6.20. The van der Waals surface area contributed by atoms with Crippen molar-refractivity contribution in [3.63, 3.8) is 0 Å². The van der Waals surface area contributed by atoms with Gasteiger partial charge in [0, 0.05) is 11.3 Å². The lowest BCUT2D eigenvalue weighted by Crippen LogP contribution is -2.42. The zero-order valence-corrected chi connectivity index (χ0v) is 13.9. The van der Waals surface area contributed by atoms with Crippen LogP contribution in [0.2, 0.25) is 0 Å². The van der Waals surface area contributed by atoms with Crippen LogP contribution < -0.4 is 10.9 Å². The predicted molar refractivity (Wildman–Crippen MR) is 85.3 cm³/mol. The lowest BCUT2D eigenvalue weighted by molar-refractivity contribution is -0.123. The summed E-state index contributed by atoms with van der Waals surface area (Å²) in [7, 11) is 0. The highest BCUT2D eigenvalue weighted by molar-refractivity contribution is 7.14. The standard InChI is InChI=1S/C16H24N2O2S/c1-16(2,3)10-14(19)17-18-15(20)13-9-11-7-5-4-6-8-12(11)21-13/h9H,4-8,10H2,1-3H3,(H,17,19)(H,18,20). The first kappa shape index (κ1) is 16.0. The van der Waals surface area contributed by atoms with Crippen LogP contribution in [0.1, 0.15) is 66.6 Å². The van der Waals surface area contributed by atoms with E-state index >= 15 is 0 Å². The van der Waals surface area contributed by atoms with Crippen LogP contribution in [-0.4, -0.2) is 11.8 Å². The zero-order chi connectivity index (χ0) is 15.5. The first-order valence-electron chi connectivity index (χ1n) is 7.56. The molecule has 2 rings (SSSR count). The molecule has 0 aromatic carbocycles. The average Bonchev–Trinajstić information content (AvgIpc) is 2.65. The highest BCUT2D eigenvalue weighted by atomic mass is 32.1. The minimum absolute atomic E-state index is 0.0882. The molecule has 2 amide bonds. The third kappa shape index (κ3) is 4.84. The van der Waals surface area contributed by atoms with Gasteiger partial charge in [0.15, 0.2) is 0 Å². The van der Waals surface area contributed by atoms with E-state index in [1.165, 1.54) is 29.7 Å². The number of hydrazine groups is 1. The third-order valence-corrected chi connectivity index (χ3v) is 4.71. The Balaban J connectivity index is 1.90. The van der Waals surface area contributed by atoms with Gasteiger partial charge in [-0.05, 0) is 42.7 Å². The fourth-order valence-electron chi connectivity index (χ4n) is 2.49. The van der Waals surface area contributed by atoms with E-state index in [-0.39, 0.29) is 17.2 Å². The molecule has 0 spiro atoms. The van der Waals surface area contributed by atoms with Gasteiger partial charge in [-0.2, -0.15) is 0 Å². The minimum Gasteiger partial charge on any atom is -0.273 e. The van der Waals surface area contributed by atoms with Crippen LogP contribution in [0.5, 0.6) is 0 Å². The summed E-state index contributed by atoms with van der Waals surface area (Å²) in [6, 6.07) is 1.98. The number of amides is 2. The number of carbonyl (C=O) groups is 2. The summed E-state index contributed by atoms with van der Waals surface area (Å²) in [4.78, 5) is 25.8. The molecule has 1 aromatic heterocycles. The molecule has 0 aliphatic heterocycles. The number of hydrogen-bond acceptors (Lipinski definition) is 3. The first-order chi connectivity index (χ1) is 9.85. The topological polar surface area (TPSA) is 58.2 Å². The molecule has 5 heteroatoms. The fourth-order valence-corrected chi connectivity index (χ4v) is 3.64. The Morgan fingerprint density at radius 2 is 1.86 bits per heavy atom. The Morgan fingerprint density at radius 1 is 1.14 bits per heavy atom. The highest BCUT2D eigenvalue weighted by Crippen LogP contribution is 2.28. The lowest BCUT2D eigenvalue weighted by atomic mass is 9.92. The summed E-state index contributed by atoms with van der Waals surface area (Å²) in [6.45, 7) is 5.97. The number of fused-ring (bicyclic) bond motifs is 1. The zero-order valence-electron chi connectivity index (χ0n) is 13.0. The molecular formula is C16H24N2O2S. The molecule has 0 radical (unpaired) electrons. The van der Waals surface area contributed by atoms with Crippen molar-refractivity contribution in [1.29, 1.82) is 0 Å². The number of nitrogens with one attached hydrogen (secondary N) is 2. The highest BCUT2D eigenvalue weighted by Gasteiger charge is 2.19. The van der Waals surface area contributed by atoms with Gasteiger partial charge in [0.25, 0.3) is 5.91 Å². The molecule has 4 nitrogen and oxygen atoms in total. The van der Waals surface area contributed by atoms with Crippen molar-refractivity contribution in [1.82, 2.24) is 10.9 Å². The lowest BCUT2D eigenvalue weighted by Gasteiger charge is -2.17. The molecule has 0 saturated heterocycles. The second-order valence-electron chi connectivity index (χ2n) is 6.86. The molecule has 1 aliphatic carbocycles. The van der Waals surface area contributed by atoms with Crippen LogP contribution >= 0.6 is 11.3 Å². The molecular weight excluding hydrogens is 284 g/mol. The van der Waals surface area contributed by atoms with Gasteiger partial charge in [-0.15, -0.1) is 11.3 Å². The quantitative estimate of drug-likeness (QED) is 0.651. The fraction of sp³-hybridized carbons (Fsp3) is 0.625. The smallest absolute Gasteiger partial charge is 0.273 e. The van der Waals surface area contributed by atoms with E-state index in [0.717, 1.165) is 12.8 Å². The molecule has 116 valence electrons. The van der Waals surface area contributed by atoms with Crippen LogP contribution in [0.15, 0.2) is 6.07 Å². The van der Waals surface area contributed by atoms with Crippen LogP contribution in [0.4, 0.5) is 0 Å². The molecule has 1 aliphatic rings. The van der Waals surface area contributed by atoms with Gasteiger partial charge in [-0.25, -0.2) is 0 Å². The van der Waals surface area contributed by atoms with E-state index in [0.29, 0.717) is 11.3 Å². The normalized spacial score (nSPS) is 15.0. The maximum absolute atomic E-state index is 12.1. The van der Waals surface area contributed by atoms with Crippen molar-refractivity contribution >= 4 is 23.2 Å². The maximum Gasteiger partial charge on any atom is 0.279 e. The molecule has 1 aromatic rings. The Labute approximate surface area is 130 Å². The van der Waals surface area contributed by atoms with E-state index in [2.05, 4.69) is 10.9 Å². The second kappa shape index (κ2) is 6.60. The van der Waals surface area contributed by atoms with E-state index < -0.39 is 0 Å². The van der Waals surface area contributed by atoms with Crippen LogP contribution in [0.25, 0.3) is 0 Å². The van der Waals surface area contributed by atoms with Crippen molar-refractivity contribution in [3.05, 3.63) is 21.4 Å². The molecule has 0 bridgehead atoms. The number of thiophene rings is 1. The largest absolute Gasteiger partial charge is 0.279 e. The summed E-state index contributed by atoms with van der Waals surface area (Å²) in [5.74, 6) is -0.371. The van der Waals surface area contributed by atoms with Crippen molar-refractivity contribution in [2.75, 3.05) is 0 Å². The van der Waals surface area contributed by atoms with Crippen molar-refractivity contribution in [2.45, 2.75) is 59.3 Å². The molecule has 0 unspecified atom stereocenters. The molecule has 0 atom stereocenters. The number of hydrogen-bond donors (Lipinski definition) is 2. The van der Waals surface area contributed by atoms with Gasteiger partial charge >= 0.3 is 0 Å². The molecule has 0 fully saturated rings. The van der Waals surface area contributed by atoms with Crippen molar-refractivity contribution < 1.29 is 9.59 Å². The monoisotopic (exact) mass is 308 g/mol. The molecule has 1 heterocycles. The number of carbonyl (C=O) groups excluding carboxylic acids is 2. The van der Waals surface area contributed by atoms with Crippen molar-refractivity contribution in [3.8, 4) is 0 Å². The second-order valence-corrected chi connectivity index (χ2v) is 8.00. The van der Waals surface area contributed by atoms with E-state index in [1.807, 2.05) is 26.8 Å². The average molecular weight is 308 g/mol. The third-order valence-electron chi connectivity index (χ3n) is 3.48. The van der Waals surface area contributed by atoms with Crippen LogP contribution in [0.3, 0.4) is 0 Å². The van der Waals surface area contributed by atoms with Gasteiger partial charge in [0.05, 0.1) is 4.88 Å². The van der Waals surface area contributed by atoms with Crippen LogP contribution in [0, 0.1) is 5.41 Å². The molecule has 2 N–H and O–H groups in total. The Morgan fingerprint density at radius 3 is 2.57 bits per heavy atom. The number of aryl methyl sites for hydroxylation is 2. The van der Waals surface area contributed by atoms with Crippen LogP contribution in [-0.2, 0) is 17.6 Å². The minimum atomic E-state index is -0.213. The first-order valence-corrected chi connectivity index (χ1v) is 8.37. The Kier molecular flexibility index (Phi) is 5.04. The van der Waals surface area contributed by atoms with Gasteiger partial charge in [-0.3, -0.25) is 20.4 Å². The van der Waals surface area contributed by atoms with Crippen molar-refractivity contribution in [2.24, 2.45) is 5.41 Å². The molecule has 21 heavy (non-hydrogen) atoms. The van der Waals surface area contributed by atoms with Gasteiger partial charge in [0.2, 0.25) is 5.91 Å². The molecule has 0 saturated carbocycles.